The SMILES string of the molecule is CC(O)(C(=O)N1CCC2(CCNCC2)CC1)C1CCC1. The van der Waals surface area contributed by atoms with Gasteiger partial charge in [0, 0.05) is 13.1 Å². The Balaban J connectivity index is 1.58. The van der Waals surface area contributed by atoms with Gasteiger partial charge in [0.15, 0.2) is 0 Å². The summed E-state index contributed by atoms with van der Waals surface area (Å²) in [6.45, 7) is 5.64. The lowest BCUT2D eigenvalue weighted by atomic mass is 9.70. The largest absolute Gasteiger partial charge is 0.380 e. The molecule has 114 valence electrons. The van der Waals surface area contributed by atoms with Gasteiger partial charge in [0.1, 0.15) is 5.60 Å². The standard InChI is InChI=1S/C16H28N2O2/c1-15(20,13-3-2-4-13)14(19)18-11-7-16(8-12-18)5-9-17-10-6-16/h13,17,20H,2-12H2,1H3. The van der Waals surface area contributed by atoms with Gasteiger partial charge in [-0.1, -0.05) is 6.42 Å². The van der Waals surface area contributed by atoms with Gasteiger partial charge < -0.3 is 15.3 Å². The predicted octanol–water partition coefficient (Wildman–Crippen LogP) is 1.53. The highest BCUT2D eigenvalue weighted by molar-refractivity contribution is 5.85. The maximum atomic E-state index is 12.6. The molecule has 0 radical (unpaired) electrons. The summed E-state index contributed by atoms with van der Waals surface area (Å²) in [5, 5.41) is 14.0. The van der Waals surface area contributed by atoms with Crippen molar-refractivity contribution in [3.8, 4) is 0 Å². The quantitative estimate of drug-likeness (QED) is 0.806. The van der Waals surface area contributed by atoms with Crippen LogP contribution in [0.1, 0.15) is 51.9 Å². The molecule has 2 saturated heterocycles. The molecule has 4 nitrogen and oxygen atoms in total. The predicted molar refractivity (Wildman–Crippen MR) is 78.3 cm³/mol. The lowest BCUT2D eigenvalue weighted by Crippen LogP contribution is -2.56. The minimum absolute atomic E-state index is 0.0222. The summed E-state index contributed by atoms with van der Waals surface area (Å²) in [5.41, 5.74) is -0.665. The lowest BCUT2D eigenvalue weighted by molar-refractivity contribution is -0.161. The van der Waals surface area contributed by atoms with Gasteiger partial charge in [-0.3, -0.25) is 4.79 Å². The van der Waals surface area contributed by atoms with E-state index in [2.05, 4.69) is 5.32 Å². The topological polar surface area (TPSA) is 52.6 Å². The highest BCUT2D eigenvalue weighted by Crippen LogP contribution is 2.41. The molecule has 3 fully saturated rings. The second-order valence-corrected chi connectivity index (χ2v) is 7.32. The Labute approximate surface area is 121 Å². The fourth-order valence-electron chi connectivity index (χ4n) is 4.11. The third-order valence-electron chi connectivity index (χ3n) is 6.11. The van der Waals surface area contributed by atoms with Gasteiger partial charge in [-0.25, -0.2) is 0 Å². The van der Waals surface area contributed by atoms with Crippen LogP contribution in [0.25, 0.3) is 0 Å². The first-order valence-corrected chi connectivity index (χ1v) is 8.26. The number of aliphatic hydroxyl groups is 1. The van der Waals surface area contributed by atoms with E-state index < -0.39 is 5.60 Å². The number of carbonyl (C=O) groups excluding carboxylic acids is 1. The van der Waals surface area contributed by atoms with Crippen LogP contribution in [-0.4, -0.2) is 47.7 Å². The van der Waals surface area contributed by atoms with Crippen molar-refractivity contribution in [3.63, 3.8) is 0 Å². The number of likely N-dealkylation sites (tertiary alicyclic amines) is 1. The van der Waals surface area contributed by atoms with E-state index in [1.54, 1.807) is 6.92 Å². The molecule has 1 spiro atoms. The number of rotatable bonds is 2. The molecule has 0 aromatic heterocycles. The van der Waals surface area contributed by atoms with Gasteiger partial charge in [0.2, 0.25) is 0 Å². The van der Waals surface area contributed by atoms with Crippen LogP contribution in [0.2, 0.25) is 0 Å². The van der Waals surface area contributed by atoms with Crippen LogP contribution in [-0.2, 0) is 4.79 Å². The molecular formula is C16H28N2O2. The fourth-order valence-corrected chi connectivity index (χ4v) is 4.11. The summed E-state index contributed by atoms with van der Waals surface area (Å²) in [6.07, 6.45) is 7.87. The molecule has 4 heteroatoms. The normalized spacial score (nSPS) is 29.8. The average molecular weight is 280 g/mol. The lowest BCUT2D eigenvalue weighted by Gasteiger charge is -2.47. The van der Waals surface area contributed by atoms with E-state index in [-0.39, 0.29) is 11.8 Å². The van der Waals surface area contributed by atoms with Gasteiger partial charge in [0.25, 0.3) is 5.91 Å². The molecule has 3 rings (SSSR count). The molecule has 2 aliphatic heterocycles. The average Bonchev–Trinajstić information content (AvgIpc) is 2.37. The van der Waals surface area contributed by atoms with Gasteiger partial charge in [0.05, 0.1) is 0 Å². The minimum Gasteiger partial charge on any atom is -0.380 e. The smallest absolute Gasteiger partial charge is 0.254 e. The summed E-state index contributed by atoms with van der Waals surface area (Å²) in [5.74, 6) is 0.163. The molecular weight excluding hydrogens is 252 g/mol. The molecule has 0 aromatic rings. The van der Waals surface area contributed by atoms with E-state index in [0.717, 1.165) is 58.3 Å². The number of hydrogen-bond acceptors (Lipinski definition) is 3. The molecule has 0 aromatic carbocycles. The van der Waals surface area contributed by atoms with Gasteiger partial charge >= 0.3 is 0 Å². The number of amides is 1. The molecule has 1 saturated carbocycles. The number of hydrogen-bond donors (Lipinski definition) is 2. The Hall–Kier alpha value is -0.610. The summed E-state index contributed by atoms with van der Waals surface area (Å²) >= 11 is 0. The number of carbonyl (C=O) groups is 1. The van der Waals surface area contributed by atoms with Crippen LogP contribution in [0.5, 0.6) is 0 Å². The molecule has 0 bridgehead atoms. The van der Waals surface area contributed by atoms with E-state index in [1.807, 2.05) is 4.90 Å². The molecule has 2 N–H and O–H groups in total. The van der Waals surface area contributed by atoms with Crippen LogP contribution in [0, 0.1) is 11.3 Å². The summed E-state index contributed by atoms with van der Waals surface area (Å²) in [6, 6.07) is 0. The Kier molecular flexibility index (Phi) is 3.80. The first kappa shape index (κ1) is 14.3. The van der Waals surface area contributed by atoms with Crippen molar-refractivity contribution in [1.82, 2.24) is 10.2 Å². The van der Waals surface area contributed by atoms with Crippen LogP contribution in [0.3, 0.4) is 0 Å². The van der Waals surface area contributed by atoms with E-state index >= 15 is 0 Å². The Morgan fingerprint density at radius 3 is 2.30 bits per heavy atom. The van der Waals surface area contributed by atoms with Crippen LogP contribution in [0.4, 0.5) is 0 Å². The molecule has 1 atom stereocenters. The first-order chi connectivity index (χ1) is 9.54. The molecule has 1 unspecified atom stereocenters. The van der Waals surface area contributed by atoms with Crippen molar-refractivity contribution in [2.45, 2.75) is 57.5 Å². The Bertz CT molecular complexity index is 361. The van der Waals surface area contributed by atoms with Crippen molar-refractivity contribution < 1.29 is 9.90 Å². The first-order valence-electron chi connectivity index (χ1n) is 8.26. The zero-order valence-electron chi connectivity index (χ0n) is 12.7. The summed E-state index contributed by atoms with van der Waals surface area (Å²) in [4.78, 5) is 14.5. The van der Waals surface area contributed by atoms with Crippen LogP contribution in [0.15, 0.2) is 0 Å². The van der Waals surface area contributed by atoms with Gasteiger partial charge in [-0.05, 0) is 69.9 Å². The molecule has 2 heterocycles. The number of piperidine rings is 2. The van der Waals surface area contributed by atoms with Crippen molar-refractivity contribution in [1.29, 1.82) is 0 Å². The Morgan fingerprint density at radius 2 is 1.80 bits per heavy atom. The van der Waals surface area contributed by atoms with Crippen molar-refractivity contribution in [2.75, 3.05) is 26.2 Å². The fraction of sp³-hybridized carbons (Fsp3) is 0.938. The van der Waals surface area contributed by atoms with E-state index in [1.165, 1.54) is 12.8 Å². The second kappa shape index (κ2) is 5.30. The zero-order valence-corrected chi connectivity index (χ0v) is 12.7. The van der Waals surface area contributed by atoms with E-state index in [4.69, 9.17) is 0 Å². The minimum atomic E-state index is -1.13. The highest BCUT2D eigenvalue weighted by atomic mass is 16.3. The van der Waals surface area contributed by atoms with Crippen LogP contribution >= 0.6 is 0 Å². The maximum Gasteiger partial charge on any atom is 0.254 e. The van der Waals surface area contributed by atoms with Crippen molar-refractivity contribution >= 4 is 5.91 Å². The van der Waals surface area contributed by atoms with Crippen molar-refractivity contribution in [3.05, 3.63) is 0 Å². The van der Waals surface area contributed by atoms with Gasteiger partial charge in [-0.15, -0.1) is 0 Å². The third-order valence-corrected chi connectivity index (χ3v) is 6.11. The monoisotopic (exact) mass is 280 g/mol. The molecule has 1 aliphatic carbocycles. The van der Waals surface area contributed by atoms with Crippen LogP contribution < -0.4 is 5.32 Å². The van der Waals surface area contributed by atoms with E-state index in [0.29, 0.717) is 5.41 Å². The molecule has 20 heavy (non-hydrogen) atoms. The summed E-state index contributed by atoms with van der Waals surface area (Å²) in [7, 11) is 0. The maximum absolute atomic E-state index is 12.6. The number of nitrogens with zero attached hydrogens (tertiary/aromatic N) is 1. The number of nitrogens with one attached hydrogen (secondary N) is 1. The van der Waals surface area contributed by atoms with E-state index in [9.17, 15) is 9.90 Å². The zero-order chi connectivity index (χ0) is 14.2. The highest BCUT2D eigenvalue weighted by Gasteiger charge is 2.46. The van der Waals surface area contributed by atoms with Gasteiger partial charge in [-0.2, -0.15) is 0 Å². The Morgan fingerprint density at radius 1 is 1.20 bits per heavy atom. The second-order valence-electron chi connectivity index (χ2n) is 7.32. The molecule has 3 aliphatic rings. The third kappa shape index (κ3) is 2.48. The molecule has 1 amide bonds. The summed E-state index contributed by atoms with van der Waals surface area (Å²) < 4.78 is 0. The van der Waals surface area contributed by atoms with Crippen molar-refractivity contribution in [2.24, 2.45) is 11.3 Å².